The lowest BCUT2D eigenvalue weighted by molar-refractivity contribution is 0.268. The monoisotopic (exact) mass is 288 g/mol. The molecule has 1 aromatic rings. The third-order valence-corrected chi connectivity index (χ3v) is 3.40. The van der Waals surface area contributed by atoms with E-state index in [2.05, 4.69) is 31.1 Å². The van der Waals surface area contributed by atoms with Gasteiger partial charge < -0.3 is 10.2 Å². The maximum atomic E-state index is 13.3. The number of hydrogen-bond acceptors (Lipinski definition) is 2. The molecule has 1 N–H and O–H groups in total. The van der Waals surface area contributed by atoms with Crippen LogP contribution in [0.4, 0.5) is 13.2 Å². The zero-order valence-electron chi connectivity index (χ0n) is 12.3. The number of nitrogens with one attached hydrogen (secondary N) is 1. The first-order chi connectivity index (χ1) is 9.41. The predicted octanol–water partition coefficient (Wildman–Crippen LogP) is 3.31. The Morgan fingerprint density at radius 3 is 2.35 bits per heavy atom. The van der Waals surface area contributed by atoms with E-state index in [0.717, 1.165) is 32.0 Å². The Bertz CT molecular complexity index is 422. The number of halogens is 3. The van der Waals surface area contributed by atoms with Gasteiger partial charge in [0.15, 0.2) is 11.6 Å². The summed E-state index contributed by atoms with van der Waals surface area (Å²) < 4.78 is 39.1. The Morgan fingerprint density at radius 2 is 1.70 bits per heavy atom. The van der Waals surface area contributed by atoms with Crippen molar-refractivity contribution < 1.29 is 13.2 Å². The van der Waals surface area contributed by atoms with Gasteiger partial charge in [-0.2, -0.15) is 0 Å². The van der Waals surface area contributed by atoms with Gasteiger partial charge in [0.1, 0.15) is 5.82 Å². The van der Waals surface area contributed by atoms with Crippen LogP contribution in [0.1, 0.15) is 32.3 Å². The largest absolute Gasteiger partial charge is 0.313 e. The Kier molecular flexibility index (Phi) is 7.02. The highest BCUT2D eigenvalue weighted by atomic mass is 19.2. The third kappa shape index (κ3) is 5.51. The molecule has 0 unspecified atom stereocenters. The molecule has 0 atom stereocenters. The van der Waals surface area contributed by atoms with E-state index in [0.29, 0.717) is 12.1 Å². The summed E-state index contributed by atoms with van der Waals surface area (Å²) in [7, 11) is 2.08. The van der Waals surface area contributed by atoms with Crippen molar-refractivity contribution in [2.24, 2.45) is 0 Å². The average Bonchev–Trinajstić information content (AvgIpc) is 2.38. The van der Waals surface area contributed by atoms with E-state index in [1.807, 2.05) is 0 Å². The van der Waals surface area contributed by atoms with Crippen LogP contribution < -0.4 is 5.32 Å². The fourth-order valence-electron chi connectivity index (χ4n) is 1.79. The van der Waals surface area contributed by atoms with E-state index in [-0.39, 0.29) is 12.1 Å². The Hall–Kier alpha value is -1.07. The second-order valence-corrected chi connectivity index (χ2v) is 5.32. The van der Waals surface area contributed by atoms with Crippen molar-refractivity contribution in [2.75, 3.05) is 20.1 Å². The van der Waals surface area contributed by atoms with E-state index in [1.54, 1.807) is 0 Å². The molecular formula is C15H23F3N2. The minimum atomic E-state index is -1.15. The van der Waals surface area contributed by atoms with Crippen LogP contribution in [0, 0.1) is 17.5 Å². The maximum absolute atomic E-state index is 13.3. The number of unbranched alkanes of at least 4 members (excludes halogenated alkanes) is 1. The molecule has 0 amide bonds. The van der Waals surface area contributed by atoms with Gasteiger partial charge in [0.2, 0.25) is 0 Å². The van der Waals surface area contributed by atoms with E-state index < -0.39 is 17.5 Å². The first-order valence-electron chi connectivity index (χ1n) is 6.96. The second-order valence-electron chi connectivity index (χ2n) is 5.32. The topological polar surface area (TPSA) is 15.3 Å². The van der Waals surface area contributed by atoms with Crippen LogP contribution in [-0.4, -0.2) is 31.1 Å². The van der Waals surface area contributed by atoms with Crippen molar-refractivity contribution in [3.63, 3.8) is 0 Å². The first kappa shape index (κ1) is 17.0. The Labute approximate surface area is 119 Å². The van der Waals surface area contributed by atoms with Crippen molar-refractivity contribution in [2.45, 2.75) is 39.3 Å². The molecule has 0 saturated carbocycles. The normalized spacial score (nSPS) is 11.6. The fourth-order valence-corrected chi connectivity index (χ4v) is 1.79. The van der Waals surface area contributed by atoms with Crippen molar-refractivity contribution in [3.8, 4) is 0 Å². The van der Waals surface area contributed by atoms with E-state index in [9.17, 15) is 13.2 Å². The third-order valence-electron chi connectivity index (χ3n) is 3.40. The molecule has 0 aliphatic carbocycles. The van der Waals surface area contributed by atoms with E-state index >= 15 is 0 Å². The number of nitrogens with zero attached hydrogens (tertiary/aromatic N) is 1. The molecule has 20 heavy (non-hydrogen) atoms. The van der Waals surface area contributed by atoms with Crippen molar-refractivity contribution >= 4 is 0 Å². The quantitative estimate of drug-likeness (QED) is 0.583. The van der Waals surface area contributed by atoms with Gasteiger partial charge in [-0.1, -0.05) is 0 Å². The van der Waals surface area contributed by atoms with Gasteiger partial charge in [-0.3, -0.25) is 0 Å². The SMILES string of the molecule is CC(C)N(C)CCCCNCc1cc(F)c(F)cc1F. The molecule has 0 bridgehead atoms. The maximum Gasteiger partial charge on any atom is 0.161 e. The van der Waals surface area contributed by atoms with Crippen LogP contribution in [-0.2, 0) is 6.54 Å². The smallest absolute Gasteiger partial charge is 0.161 e. The van der Waals surface area contributed by atoms with Gasteiger partial charge in [0, 0.05) is 24.2 Å². The molecule has 0 saturated heterocycles. The van der Waals surface area contributed by atoms with Gasteiger partial charge in [0.05, 0.1) is 0 Å². The summed E-state index contributed by atoms with van der Waals surface area (Å²) in [6.45, 7) is 6.24. The number of hydrogen-bond donors (Lipinski definition) is 1. The summed E-state index contributed by atoms with van der Waals surface area (Å²) in [5, 5.41) is 3.04. The summed E-state index contributed by atoms with van der Waals surface area (Å²) in [6, 6.07) is 2.02. The molecule has 0 spiro atoms. The van der Waals surface area contributed by atoms with Crippen LogP contribution in [0.25, 0.3) is 0 Å². The first-order valence-corrected chi connectivity index (χ1v) is 6.96. The van der Waals surface area contributed by atoms with Crippen LogP contribution in [0.2, 0.25) is 0 Å². The van der Waals surface area contributed by atoms with Gasteiger partial charge in [-0.15, -0.1) is 0 Å². The second kappa shape index (κ2) is 8.27. The summed E-state index contributed by atoms with van der Waals surface area (Å²) in [5.74, 6) is -2.87. The molecule has 0 aliphatic rings. The zero-order valence-corrected chi connectivity index (χ0v) is 12.3. The lowest BCUT2D eigenvalue weighted by atomic mass is 10.2. The number of benzene rings is 1. The summed E-state index contributed by atoms with van der Waals surface area (Å²) >= 11 is 0. The standard InChI is InChI=1S/C15H23F3N2/c1-11(2)20(3)7-5-4-6-19-10-12-8-14(17)15(18)9-13(12)16/h8-9,11,19H,4-7,10H2,1-3H3. The molecule has 0 radical (unpaired) electrons. The van der Waals surface area contributed by atoms with Gasteiger partial charge >= 0.3 is 0 Å². The van der Waals surface area contributed by atoms with Gasteiger partial charge in [-0.05, 0) is 52.9 Å². The molecule has 1 aromatic carbocycles. The van der Waals surface area contributed by atoms with Gasteiger partial charge in [0.25, 0.3) is 0 Å². The summed E-state index contributed by atoms with van der Waals surface area (Å²) in [5.41, 5.74) is 0.156. The number of rotatable bonds is 8. The van der Waals surface area contributed by atoms with Crippen molar-refractivity contribution in [3.05, 3.63) is 35.1 Å². The molecule has 5 heteroatoms. The highest BCUT2D eigenvalue weighted by Crippen LogP contribution is 2.13. The molecule has 1 rings (SSSR count). The van der Waals surface area contributed by atoms with Crippen molar-refractivity contribution in [1.82, 2.24) is 10.2 Å². The predicted molar refractivity (Wildman–Crippen MR) is 75.0 cm³/mol. The highest BCUT2D eigenvalue weighted by molar-refractivity contribution is 5.19. The zero-order chi connectivity index (χ0) is 15.1. The molecule has 2 nitrogen and oxygen atoms in total. The molecular weight excluding hydrogens is 265 g/mol. The molecule has 114 valence electrons. The minimum Gasteiger partial charge on any atom is -0.313 e. The molecule has 0 aliphatic heterocycles. The van der Waals surface area contributed by atoms with Crippen LogP contribution in [0.5, 0.6) is 0 Å². The highest BCUT2D eigenvalue weighted by Gasteiger charge is 2.09. The summed E-state index contributed by atoms with van der Waals surface area (Å²) in [4.78, 5) is 2.26. The molecule has 0 heterocycles. The van der Waals surface area contributed by atoms with Crippen LogP contribution >= 0.6 is 0 Å². The van der Waals surface area contributed by atoms with E-state index in [1.165, 1.54) is 0 Å². The average molecular weight is 288 g/mol. The lowest BCUT2D eigenvalue weighted by Gasteiger charge is -2.20. The molecule has 0 aromatic heterocycles. The fraction of sp³-hybridized carbons (Fsp3) is 0.600. The minimum absolute atomic E-state index is 0.156. The van der Waals surface area contributed by atoms with Crippen LogP contribution in [0.3, 0.4) is 0 Å². The van der Waals surface area contributed by atoms with Crippen molar-refractivity contribution in [1.29, 1.82) is 0 Å². The van der Waals surface area contributed by atoms with Gasteiger partial charge in [-0.25, -0.2) is 13.2 Å². The summed E-state index contributed by atoms with van der Waals surface area (Å²) in [6.07, 6.45) is 2.00. The Morgan fingerprint density at radius 1 is 1.05 bits per heavy atom. The Balaban J connectivity index is 2.23. The lowest BCUT2D eigenvalue weighted by Crippen LogP contribution is -2.27. The van der Waals surface area contributed by atoms with E-state index in [4.69, 9.17) is 0 Å². The molecule has 0 fully saturated rings. The van der Waals surface area contributed by atoms with Crippen LogP contribution in [0.15, 0.2) is 12.1 Å².